The summed E-state index contributed by atoms with van der Waals surface area (Å²) in [7, 11) is 0. The number of piperazine rings is 1. The summed E-state index contributed by atoms with van der Waals surface area (Å²) in [5.41, 5.74) is 0. The molecule has 2 nitrogen and oxygen atoms in total. The van der Waals surface area contributed by atoms with Crippen LogP contribution in [0.15, 0.2) is 0 Å². The van der Waals surface area contributed by atoms with Crippen LogP contribution in [0.4, 0.5) is 0 Å². The molecule has 2 fully saturated rings. The zero-order valence-corrected chi connectivity index (χ0v) is 9.76. The quantitative estimate of drug-likeness (QED) is 0.661. The van der Waals surface area contributed by atoms with Gasteiger partial charge in [-0.15, -0.1) is 0 Å². The van der Waals surface area contributed by atoms with Gasteiger partial charge in [0.2, 0.25) is 0 Å². The van der Waals surface area contributed by atoms with Crippen molar-refractivity contribution in [2.24, 2.45) is 11.8 Å². The smallest absolute Gasteiger partial charge is 0.0914 e. The molecule has 2 heterocycles. The van der Waals surface area contributed by atoms with Gasteiger partial charge in [-0.1, -0.05) is 13.8 Å². The largest absolute Gasteiger partial charge is 0.321 e. The van der Waals surface area contributed by atoms with E-state index in [1.54, 1.807) is 0 Å². The van der Waals surface area contributed by atoms with Gasteiger partial charge < -0.3 is 9.80 Å². The molecule has 1 spiro atoms. The Labute approximate surface area is 88.3 Å². The van der Waals surface area contributed by atoms with Gasteiger partial charge in [-0.3, -0.25) is 0 Å². The van der Waals surface area contributed by atoms with Crippen molar-refractivity contribution in [3.63, 3.8) is 0 Å². The van der Waals surface area contributed by atoms with E-state index in [-0.39, 0.29) is 0 Å². The normalized spacial score (nSPS) is 36.4. The lowest BCUT2D eigenvalue weighted by molar-refractivity contribution is -0.920. The maximum absolute atomic E-state index is 3.49. The van der Waals surface area contributed by atoms with Crippen molar-refractivity contribution in [1.29, 1.82) is 0 Å². The standard InChI is InChI=1S/C12H25N2/c1-3-11-9-14(10-12(11)4-2)7-5-13-6-8-14/h11-13H,3-10H2,1-2H3/q+1. The molecule has 0 bridgehead atoms. The summed E-state index contributed by atoms with van der Waals surface area (Å²) >= 11 is 0. The van der Waals surface area contributed by atoms with Crippen molar-refractivity contribution in [2.75, 3.05) is 39.3 Å². The minimum Gasteiger partial charge on any atom is -0.321 e. The lowest BCUT2D eigenvalue weighted by atomic mass is 9.92. The molecule has 1 N–H and O–H groups in total. The highest BCUT2D eigenvalue weighted by Gasteiger charge is 2.43. The van der Waals surface area contributed by atoms with E-state index in [4.69, 9.17) is 0 Å². The molecule has 2 rings (SSSR count). The average Bonchev–Trinajstić information content (AvgIpc) is 2.57. The number of hydrogen-bond acceptors (Lipinski definition) is 1. The molecule has 2 unspecified atom stereocenters. The highest BCUT2D eigenvalue weighted by atomic mass is 15.4. The van der Waals surface area contributed by atoms with Crippen LogP contribution in [0.25, 0.3) is 0 Å². The summed E-state index contributed by atoms with van der Waals surface area (Å²) in [5.74, 6) is 2.02. The second-order valence-electron chi connectivity index (χ2n) is 5.24. The number of nitrogens with zero attached hydrogens (tertiary/aromatic N) is 1. The molecule has 0 aliphatic carbocycles. The van der Waals surface area contributed by atoms with Crippen LogP contribution in [0.5, 0.6) is 0 Å². The third kappa shape index (κ3) is 1.82. The molecular weight excluding hydrogens is 172 g/mol. The second-order valence-corrected chi connectivity index (χ2v) is 5.24. The Morgan fingerprint density at radius 3 is 1.93 bits per heavy atom. The Kier molecular flexibility index (Phi) is 3.13. The minimum atomic E-state index is 1.01. The molecule has 2 atom stereocenters. The van der Waals surface area contributed by atoms with Gasteiger partial charge in [0.1, 0.15) is 0 Å². The fraction of sp³-hybridized carbons (Fsp3) is 1.00. The molecule has 0 aromatic carbocycles. The van der Waals surface area contributed by atoms with Crippen molar-refractivity contribution < 1.29 is 4.48 Å². The van der Waals surface area contributed by atoms with Gasteiger partial charge in [-0.2, -0.15) is 0 Å². The highest BCUT2D eigenvalue weighted by molar-refractivity contribution is 4.77. The van der Waals surface area contributed by atoms with Crippen LogP contribution < -0.4 is 5.32 Å². The summed E-state index contributed by atoms with van der Waals surface area (Å²) in [6.07, 6.45) is 2.79. The molecule has 2 aliphatic rings. The van der Waals surface area contributed by atoms with Gasteiger partial charge in [0, 0.05) is 24.9 Å². The molecule has 2 aliphatic heterocycles. The van der Waals surface area contributed by atoms with Crippen molar-refractivity contribution in [3.05, 3.63) is 0 Å². The van der Waals surface area contributed by atoms with Gasteiger partial charge in [-0.05, 0) is 12.8 Å². The summed E-state index contributed by atoms with van der Waals surface area (Å²) in [6.45, 7) is 12.9. The van der Waals surface area contributed by atoms with E-state index in [1.807, 2.05) is 0 Å². The van der Waals surface area contributed by atoms with Crippen LogP contribution in [0.1, 0.15) is 26.7 Å². The van der Waals surface area contributed by atoms with Crippen molar-refractivity contribution in [1.82, 2.24) is 5.32 Å². The van der Waals surface area contributed by atoms with Crippen LogP contribution in [0, 0.1) is 11.8 Å². The third-order valence-electron chi connectivity index (χ3n) is 4.48. The van der Waals surface area contributed by atoms with Gasteiger partial charge in [0.05, 0.1) is 26.2 Å². The molecule has 0 radical (unpaired) electrons. The Bertz CT molecular complexity index is 171. The van der Waals surface area contributed by atoms with Gasteiger partial charge >= 0.3 is 0 Å². The maximum atomic E-state index is 3.49. The zero-order valence-electron chi connectivity index (χ0n) is 9.76. The molecule has 2 heteroatoms. The first-order valence-corrected chi connectivity index (χ1v) is 6.35. The monoisotopic (exact) mass is 197 g/mol. The second kappa shape index (κ2) is 4.19. The van der Waals surface area contributed by atoms with Crippen LogP contribution in [-0.2, 0) is 0 Å². The first kappa shape index (κ1) is 10.4. The summed E-state index contributed by atoms with van der Waals surface area (Å²) in [4.78, 5) is 0. The van der Waals surface area contributed by atoms with E-state index in [0.29, 0.717) is 0 Å². The molecule has 0 aromatic rings. The Morgan fingerprint density at radius 2 is 1.50 bits per heavy atom. The molecule has 14 heavy (non-hydrogen) atoms. The molecular formula is C12H25N2+. The summed E-state index contributed by atoms with van der Waals surface area (Å²) < 4.78 is 1.43. The first-order valence-electron chi connectivity index (χ1n) is 6.35. The van der Waals surface area contributed by atoms with Gasteiger partial charge in [-0.25, -0.2) is 0 Å². The SMILES string of the molecule is CCC1C[N+]2(CCNCC2)CC1CC. The number of rotatable bonds is 2. The van der Waals surface area contributed by atoms with Crippen LogP contribution in [0.2, 0.25) is 0 Å². The third-order valence-corrected chi connectivity index (χ3v) is 4.48. The van der Waals surface area contributed by atoms with Crippen LogP contribution in [0.3, 0.4) is 0 Å². The van der Waals surface area contributed by atoms with Gasteiger partial charge in [0.15, 0.2) is 0 Å². The average molecular weight is 197 g/mol. The molecule has 0 saturated carbocycles. The van der Waals surface area contributed by atoms with Crippen LogP contribution in [-0.4, -0.2) is 43.8 Å². The Morgan fingerprint density at radius 1 is 1.00 bits per heavy atom. The van der Waals surface area contributed by atoms with E-state index in [2.05, 4.69) is 19.2 Å². The van der Waals surface area contributed by atoms with Crippen LogP contribution >= 0.6 is 0 Å². The molecule has 0 amide bonds. The zero-order chi connectivity index (χ0) is 10.0. The highest BCUT2D eigenvalue weighted by Crippen LogP contribution is 2.34. The van der Waals surface area contributed by atoms with Crippen molar-refractivity contribution in [2.45, 2.75) is 26.7 Å². The molecule has 82 valence electrons. The molecule has 2 saturated heterocycles. The topological polar surface area (TPSA) is 12.0 Å². The fourth-order valence-corrected chi connectivity index (χ4v) is 3.53. The predicted octanol–water partition coefficient (Wildman–Crippen LogP) is 1.47. The van der Waals surface area contributed by atoms with E-state index < -0.39 is 0 Å². The number of nitrogens with one attached hydrogen (secondary N) is 1. The number of hydrogen-bond donors (Lipinski definition) is 1. The lowest BCUT2D eigenvalue weighted by Crippen LogP contribution is -2.57. The summed E-state index contributed by atoms with van der Waals surface area (Å²) in [5, 5.41) is 3.49. The van der Waals surface area contributed by atoms with E-state index >= 15 is 0 Å². The van der Waals surface area contributed by atoms with E-state index in [1.165, 1.54) is 56.6 Å². The maximum Gasteiger partial charge on any atom is 0.0914 e. The minimum absolute atomic E-state index is 1.01. The van der Waals surface area contributed by atoms with E-state index in [0.717, 1.165) is 11.8 Å². The fourth-order valence-electron chi connectivity index (χ4n) is 3.53. The Balaban J connectivity index is 2.01. The summed E-state index contributed by atoms with van der Waals surface area (Å²) in [6, 6.07) is 0. The Hall–Kier alpha value is -0.0800. The predicted molar refractivity (Wildman–Crippen MR) is 60.2 cm³/mol. The van der Waals surface area contributed by atoms with Gasteiger partial charge in [0.25, 0.3) is 0 Å². The number of quaternary nitrogens is 1. The lowest BCUT2D eigenvalue weighted by Gasteiger charge is -2.38. The first-order chi connectivity index (χ1) is 6.79. The van der Waals surface area contributed by atoms with E-state index in [9.17, 15) is 0 Å². The molecule has 0 aromatic heterocycles. The van der Waals surface area contributed by atoms with Crippen molar-refractivity contribution in [3.8, 4) is 0 Å². The van der Waals surface area contributed by atoms with Crippen molar-refractivity contribution >= 4 is 0 Å².